The first-order valence-corrected chi connectivity index (χ1v) is 6.06. The minimum absolute atomic E-state index is 0.0383. The number of rotatable bonds is 3. The van der Waals surface area contributed by atoms with Gasteiger partial charge in [0.15, 0.2) is 11.5 Å². The van der Waals surface area contributed by atoms with Crippen LogP contribution in [0, 0.1) is 0 Å². The monoisotopic (exact) mass is 242 g/mol. The van der Waals surface area contributed by atoms with Crippen molar-refractivity contribution in [2.75, 3.05) is 6.61 Å². The van der Waals surface area contributed by atoms with Crippen molar-refractivity contribution in [3.63, 3.8) is 0 Å². The van der Waals surface area contributed by atoms with E-state index in [1.807, 2.05) is 18.2 Å². The summed E-state index contributed by atoms with van der Waals surface area (Å²) in [6.45, 7) is 2.28. The largest absolute Gasteiger partial charge is 0.493 e. The lowest BCUT2D eigenvalue weighted by Gasteiger charge is -2.02. The number of hydrogen-bond acceptors (Lipinski definition) is 3. The number of Topliss-reactive ketones (excluding diaryl/α,β-unsaturated/α-hetero) is 1. The van der Waals surface area contributed by atoms with Crippen LogP contribution in [-0.4, -0.2) is 12.4 Å². The summed E-state index contributed by atoms with van der Waals surface area (Å²) in [4.78, 5) is 11.2. The Morgan fingerprint density at radius 3 is 2.94 bits per heavy atom. The number of benzene rings is 1. The second-order valence-electron chi connectivity index (χ2n) is 4.54. The van der Waals surface area contributed by atoms with Crippen LogP contribution < -0.4 is 4.74 Å². The Morgan fingerprint density at radius 2 is 2.17 bits per heavy atom. The van der Waals surface area contributed by atoms with Gasteiger partial charge in [-0.2, -0.15) is 0 Å². The number of ether oxygens (including phenoxy) is 1. The highest BCUT2D eigenvalue weighted by molar-refractivity contribution is 5.91. The molecule has 0 amide bonds. The molecule has 92 valence electrons. The number of hydrogen-bond donors (Lipinski definition) is 0. The van der Waals surface area contributed by atoms with E-state index in [0.717, 1.165) is 24.5 Å². The molecule has 0 N–H and O–H groups in total. The molecule has 18 heavy (non-hydrogen) atoms. The molecule has 3 rings (SSSR count). The number of carbonyl (C=O) groups excluding carboxylic acids is 1. The Bertz CT molecular complexity index is 596. The van der Waals surface area contributed by atoms with Gasteiger partial charge < -0.3 is 9.15 Å². The van der Waals surface area contributed by atoms with Gasteiger partial charge in [-0.05, 0) is 29.3 Å². The molecule has 0 unspecified atom stereocenters. The van der Waals surface area contributed by atoms with Crippen LogP contribution in [0.25, 0.3) is 0 Å². The summed E-state index contributed by atoms with van der Waals surface area (Å²) in [6, 6.07) is 9.79. The Morgan fingerprint density at radius 1 is 1.28 bits per heavy atom. The van der Waals surface area contributed by atoms with Gasteiger partial charge in [0.1, 0.15) is 11.5 Å². The second kappa shape index (κ2) is 4.33. The third-order valence-corrected chi connectivity index (χ3v) is 3.14. The lowest BCUT2D eigenvalue weighted by atomic mass is 10.1. The van der Waals surface area contributed by atoms with E-state index in [0.29, 0.717) is 12.2 Å². The van der Waals surface area contributed by atoms with Crippen LogP contribution in [0.4, 0.5) is 0 Å². The highest BCUT2D eigenvalue weighted by Crippen LogP contribution is 2.27. The molecule has 0 radical (unpaired) electrons. The lowest BCUT2D eigenvalue weighted by Crippen LogP contribution is -1.89. The smallest absolute Gasteiger partial charge is 0.194 e. The summed E-state index contributed by atoms with van der Waals surface area (Å²) in [6.07, 6.45) is 1.68. The highest BCUT2D eigenvalue weighted by atomic mass is 16.5. The molecular formula is C15H14O3. The minimum atomic E-state index is -0.0383. The number of fused-ring (bicyclic) bond motifs is 1. The molecule has 1 aromatic carbocycles. The molecule has 0 saturated heterocycles. The van der Waals surface area contributed by atoms with E-state index in [1.165, 1.54) is 18.1 Å². The quantitative estimate of drug-likeness (QED) is 0.777. The molecule has 3 heteroatoms. The SMILES string of the molecule is CC(=O)c1ccc(Cc2ccc3c(c2)CCO3)o1. The predicted molar refractivity (Wildman–Crippen MR) is 67.2 cm³/mol. The molecule has 1 aliphatic rings. The summed E-state index contributed by atoms with van der Waals surface area (Å²) >= 11 is 0. The number of furan rings is 1. The zero-order valence-corrected chi connectivity index (χ0v) is 10.2. The fraction of sp³-hybridized carbons (Fsp3) is 0.267. The summed E-state index contributed by atoms with van der Waals surface area (Å²) < 4.78 is 11.0. The average Bonchev–Trinajstić information content (AvgIpc) is 2.96. The Balaban J connectivity index is 1.81. The maximum Gasteiger partial charge on any atom is 0.194 e. The molecule has 1 aromatic heterocycles. The van der Waals surface area contributed by atoms with Crippen molar-refractivity contribution in [3.8, 4) is 5.75 Å². The highest BCUT2D eigenvalue weighted by Gasteiger charge is 2.13. The Labute approximate surface area is 105 Å². The molecule has 1 aliphatic heterocycles. The van der Waals surface area contributed by atoms with E-state index >= 15 is 0 Å². The van der Waals surface area contributed by atoms with Crippen LogP contribution in [0.3, 0.4) is 0 Å². The van der Waals surface area contributed by atoms with Crippen LogP contribution in [0.5, 0.6) is 5.75 Å². The van der Waals surface area contributed by atoms with Crippen molar-refractivity contribution < 1.29 is 13.9 Å². The van der Waals surface area contributed by atoms with Gasteiger partial charge in [-0.25, -0.2) is 0 Å². The van der Waals surface area contributed by atoms with Gasteiger partial charge in [-0.1, -0.05) is 12.1 Å². The van der Waals surface area contributed by atoms with Gasteiger partial charge in [0.2, 0.25) is 0 Å². The normalized spacial score (nSPS) is 13.2. The standard InChI is InChI=1S/C15H14O3/c1-10(16)14-5-3-13(18-14)9-11-2-4-15-12(8-11)6-7-17-15/h2-5,8H,6-7,9H2,1H3. The number of carbonyl (C=O) groups is 1. The van der Waals surface area contributed by atoms with Gasteiger partial charge in [-0.3, -0.25) is 4.79 Å². The van der Waals surface area contributed by atoms with E-state index in [-0.39, 0.29) is 5.78 Å². The molecule has 2 aromatic rings. The first-order valence-electron chi connectivity index (χ1n) is 6.06. The van der Waals surface area contributed by atoms with Crippen LogP contribution in [-0.2, 0) is 12.8 Å². The van der Waals surface area contributed by atoms with Crippen LogP contribution >= 0.6 is 0 Å². The summed E-state index contributed by atoms with van der Waals surface area (Å²) in [5.41, 5.74) is 2.44. The lowest BCUT2D eigenvalue weighted by molar-refractivity contribution is 0.0985. The molecular weight excluding hydrogens is 228 g/mol. The van der Waals surface area contributed by atoms with Gasteiger partial charge >= 0.3 is 0 Å². The van der Waals surface area contributed by atoms with Crippen LogP contribution in [0.2, 0.25) is 0 Å². The summed E-state index contributed by atoms with van der Waals surface area (Å²) in [5.74, 6) is 2.19. The zero-order valence-electron chi connectivity index (χ0n) is 10.2. The van der Waals surface area contributed by atoms with Gasteiger partial charge in [0.05, 0.1) is 6.61 Å². The topological polar surface area (TPSA) is 39.4 Å². The third-order valence-electron chi connectivity index (χ3n) is 3.14. The maximum atomic E-state index is 11.2. The van der Waals surface area contributed by atoms with Crippen LogP contribution in [0.1, 0.15) is 34.4 Å². The van der Waals surface area contributed by atoms with Crippen LogP contribution in [0.15, 0.2) is 34.7 Å². The Kier molecular flexibility index (Phi) is 2.67. The summed E-state index contributed by atoms with van der Waals surface area (Å²) in [5, 5.41) is 0. The van der Waals surface area contributed by atoms with Gasteiger partial charge in [-0.15, -0.1) is 0 Å². The van der Waals surface area contributed by atoms with Crippen molar-refractivity contribution >= 4 is 5.78 Å². The van der Waals surface area contributed by atoms with E-state index in [9.17, 15) is 4.79 Å². The molecule has 0 spiro atoms. The van der Waals surface area contributed by atoms with Crippen molar-refractivity contribution in [1.82, 2.24) is 0 Å². The molecule has 2 heterocycles. The Hall–Kier alpha value is -2.03. The minimum Gasteiger partial charge on any atom is -0.493 e. The molecule has 0 aliphatic carbocycles. The first-order chi connectivity index (χ1) is 8.72. The third kappa shape index (κ3) is 2.04. The fourth-order valence-electron chi connectivity index (χ4n) is 2.21. The van der Waals surface area contributed by atoms with Crippen molar-refractivity contribution in [2.24, 2.45) is 0 Å². The maximum absolute atomic E-state index is 11.2. The number of ketones is 1. The van der Waals surface area contributed by atoms with E-state index < -0.39 is 0 Å². The van der Waals surface area contributed by atoms with Crippen molar-refractivity contribution in [2.45, 2.75) is 19.8 Å². The van der Waals surface area contributed by atoms with Gasteiger partial charge in [0, 0.05) is 19.8 Å². The fourth-order valence-corrected chi connectivity index (χ4v) is 2.21. The second-order valence-corrected chi connectivity index (χ2v) is 4.54. The molecule has 0 fully saturated rings. The average molecular weight is 242 g/mol. The van der Waals surface area contributed by atoms with E-state index in [2.05, 4.69) is 6.07 Å². The van der Waals surface area contributed by atoms with Crippen molar-refractivity contribution in [3.05, 3.63) is 53.0 Å². The molecule has 0 atom stereocenters. The molecule has 0 bridgehead atoms. The molecule has 3 nitrogen and oxygen atoms in total. The van der Waals surface area contributed by atoms with Gasteiger partial charge in [0.25, 0.3) is 0 Å². The van der Waals surface area contributed by atoms with E-state index in [1.54, 1.807) is 6.07 Å². The zero-order chi connectivity index (χ0) is 12.5. The summed E-state index contributed by atoms with van der Waals surface area (Å²) in [7, 11) is 0. The first kappa shape index (κ1) is 11.1. The molecule has 0 saturated carbocycles. The van der Waals surface area contributed by atoms with Crippen molar-refractivity contribution in [1.29, 1.82) is 0 Å². The van der Waals surface area contributed by atoms with E-state index in [4.69, 9.17) is 9.15 Å². The predicted octanol–water partition coefficient (Wildman–Crippen LogP) is 3.01.